The van der Waals surface area contributed by atoms with E-state index < -0.39 is 29.6 Å². The Morgan fingerprint density at radius 3 is 2.33 bits per heavy atom. The summed E-state index contributed by atoms with van der Waals surface area (Å²) in [6.07, 6.45) is -4.67. The van der Waals surface area contributed by atoms with Crippen LogP contribution >= 0.6 is 0 Å². The second-order valence-electron chi connectivity index (χ2n) is 6.46. The third-order valence-corrected chi connectivity index (χ3v) is 4.30. The SMILES string of the molecule is CN(C)c1ccc(NC2CC(=O)N(c3cccc(C(F)(F)F)c3)C2=O)cc1. The summed E-state index contributed by atoms with van der Waals surface area (Å²) in [6.45, 7) is 0. The van der Waals surface area contributed by atoms with Crippen LogP contribution in [0.2, 0.25) is 0 Å². The monoisotopic (exact) mass is 377 g/mol. The zero-order valence-electron chi connectivity index (χ0n) is 14.7. The first-order valence-electron chi connectivity index (χ1n) is 8.25. The van der Waals surface area contributed by atoms with Crippen LogP contribution in [0.25, 0.3) is 0 Å². The number of rotatable bonds is 4. The molecular weight excluding hydrogens is 359 g/mol. The Morgan fingerprint density at radius 1 is 1.07 bits per heavy atom. The molecule has 0 aromatic heterocycles. The van der Waals surface area contributed by atoms with Crippen LogP contribution < -0.4 is 15.1 Å². The van der Waals surface area contributed by atoms with E-state index in [-0.39, 0.29) is 12.1 Å². The zero-order chi connectivity index (χ0) is 19.8. The van der Waals surface area contributed by atoms with Crippen molar-refractivity contribution in [2.45, 2.75) is 18.6 Å². The highest BCUT2D eigenvalue weighted by atomic mass is 19.4. The van der Waals surface area contributed by atoms with Gasteiger partial charge in [0, 0.05) is 25.5 Å². The summed E-state index contributed by atoms with van der Waals surface area (Å²) in [5.41, 5.74) is 0.640. The molecule has 1 atom stereocenters. The van der Waals surface area contributed by atoms with Gasteiger partial charge in [-0.15, -0.1) is 0 Å². The molecule has 0 radical (unpaired) electrons. The number of benzene rings is 2. The summed E-state index contributed by atoms with van der Waals surface area (Å²) in [5.74, 6) is -1.11. The van der Waals surface area contributed by atoms with Gasteiger partial charge in [-0.1, -0.05) is 6.07 Å². The molecule has 1 aliphatic rings. The summed E-state index contributed by atoms with van der Waals surface area (Å²) in [7, 11) is 3.79. The minimum atomic E-state index is -4.55. The molecule has 0 saturated carbocycles. The predicted molar refractivity (Wildman–Crippen MR) is 96.7 cm³/mol. The standard InChI is InChI=1S/C19H18F3N3O2/c1-24(2)14-8-6-13(7-9-14)23-16-11-17(26)25(18(16)27)15-5-3-4-12(10-15)19(20,21)22/h3-10,16,23H,11H2,1-2H3. The number of carbonyl (C=O) groups excluding carboxylic acids is 2. The molecule has 0 bridgehead atoms. The van der Waals surface area contributed by atoms with E-state index >= 15 is 0 Å². The topological polar surface area (TPSA) is 52.7 Å². The predicted octanol–water partition coefficient (Wildman–Crippen LogP) is 3.52. The Kier molecular flexibility index (Phi) is 4.82. The number of imide groups is 1. The minimum Gasteiger partial charge on any atom is -0.378 e. The van der Waals surface area contributed by atoms with E-state index in [1.807, 2.05) is 31.1 Å². The molecular formula is C19H18F3N3O2. The highest BCUT2D eigenvalue weighted by Gasteiger charge is 2.40. The molecule has 1 N–H and O–H groups in total. The van der Waals surface area contributed by atoms with Gasteiger partial charge in [0.15, 0.2) is 0 Å². The van der Waals surface area contributed by atoms with Crippen LogP contribution in [0.3, 0.4) is 0 Å². The molecule has 5 nitrogen and oxygen atoms in total. The highest BCUT2D eigenvalue weighted by molar-refractivity contribution is 6.23. The molecule has 27 heavy (non-hydrogen) atoms. The van der Waals surface area contributed by atoms with Crippen molar-refractivity contribution in [2.75, 3.05) is 29.2 Å². The number of alkyl halides is 3. The molecule has 142 valence electrons. The van der Waals surface area contributed by atoms with Gasteiger partial charge in [-0.3, -0.25) is 9.59 Å². The van der Waals surface area contributed by atoms with E-state index in [1.54, 1.807) is 12.1 Å². The fourth-order valence-electron chi connectivity index (χ4n) is 2.89. The lowest BCUT2D eigenvalue weighted by molar-refractivity contribution is -0.137. The molecule has 2 aromatic rings. The lowest BCUT2D eigenvalue weighted by Gasteiger charge is -2.18. The number of carbonyl (C=O) groups is 2. The Morgan fingerprint density at radius 2 is 1.74 bits per heavy atom. The largest absolute Gasteiger partial charge is 0.416 e. The number of hydrogen-bond acceptors (Lipinski definition) is 4. The maximum atomic E-state index is 12.9. The van der Waals surface area contributed by atoms with Crippen LogP contribution in [0.5, 0.6) is 0 Å². The quantitative estimate of drug-likeness (QED) is 0.829. The molecule has 1 unspecified atom stereocenters. The van der Waals surface area contributed by atoms with Gasteiger partial charge in [0.1, 0.15) is 6.04 Å². The van der Waals surface area contributed by atoms with Crippen molar-refractivity contribution < 1.29 is 22.8 Å². The molecule has 1 saturated heterocycles. The third-order valence-electron chi connectivity index (χ3n) is 4.30. The number of amides is 2. The number of nitrogens with zero attached hydrogens (tertiary/aromatic N) is 2. The Labute approximate surface area is 154 Å². The molecule has 0 aliphatic carbocycles. The van der Waals surface area contributed by atoms with Crippen LogP contribution in [0.1, 0.15) is 12.0 Å². The van der Waals surface area contributed by atoms with Crippen molar-refractivity contribution in [3.63, 3.8) is 0 Å². The van der Waals surface area contributed by atoms with Gasteiger partial charge < -0.3 is 10.2 Å². The lowest BCUT2D eigenvalue weighted by Crippen LogP contribution is -2.35. The second kappa shape index (κ2) is 6.94. The van der Waals surface area contributed by atoms with E-state index in [0.717, 1.165) is 22.7 Å². The maximum absolute atomic E-state index is 12.9. The van der Waals surface area contributed by atoms with Gasteiger partial charge in [-0.05, 0) is 42.5 Å². The lowest BCUT2D eigenvalue weighted by atomic mass is 10.2. The van der Waals surface area contributed by atoms with Crippen molar-refractivity contribution in [1.82, 2.24) is 0 Å². The molecule has 0 spiro atoms. The molecule has 2 amide bonds. The molecule has 1 aliphatic heterocycles. The van der Waals surface area contributed by atoms with Gasteiger partial charge in [-0.2, -0.15) is 13.2 Å². The van der Waals surface area contributed by atoms with Crippen LogP contribution in [-0.4, -0.2) is 32.0 Å². The van der Waals surface area contributed by atoms with Crippen LogP contribution in [0, 0.1) is 0 Å². The summed E-state index contributed by atoms with van der Waals surface area (Å²) in [5, 5.41) is 2.98. The van der Waals surface area contributed by atoms with E-state index in [2.05, 4.69) is 5.32 Å². The van der Waals surface area contributed by atoms with Gasteiger partial charge in [0.2, 0.25) is 5.91 Å². The van der Waals surface area contributed by atoms with Gasteiger partial charge >= 0.3 is 6.18 Å². The Balaban J connectivity index is 1.79. The second-order valence-corrected chi connectivity index (χ2v) is 6.46. The van der Waals surface area contributed by atoms with Crippen molar-refractivity contribution in [1.29, 1.82) is 0 Å². The number of anilines is 3. The summed E-state index contributed by atoms with van der Waals surface area (Å²) in [6, 6.07) is 10.7. The third kappa shape index (κ3) is 3.89. The molecule has 1 fully saturated rings. The first kappa shape index (κ1) is 18.8. The van der Waals surface area contributed by atoms with Crippen molar-refractivity contribution in [3.8, 4) is 0 Å². The average molecular weight is 377 g/mol. The fraction of sp³-hybridized carbons (Fsp3) is 0.263. The van der Waals surface area contributed by atoms with Gasteiger partial charge in [0.05, 0.1) is 17.7 Å². The highest BCUT2D eigenvalue weighted by Crippen LogP contribution is 2.33. The fourth-order valence-corrected chi connectivity index (χ4v) is 2.89. The molecule has 8 heteroatoms. The Bertz CT molecular complexity index is 863. The van der Waals surface area contributed by atoms with E-state index in [9.17, 15) is 22.8 Å². The van der Waals surface area contributed by atoms with Gasteiger partial charge in [-0.25, -0.2) is 4.90 Å². The Hall–Kier alpha value is -3.03. The number of hydrogen-bond donors (Lipinski definition) is 1. The minimum absolute atomic E-state index is 0.0768. The van der Waals surface area contributed by atoms with Crippen molar-refractivity contribution >= 4 is 28.9 Å². The normalized spacial score (nSPS) is 17.4. The van der Waals surface area contributed by atoms with Crippen LogP contribution in [0.15, 0.2) is 48.5 Å². The smallest absolute Gasteiger partial charge is 0.378 e. The summed E-state index contributed by atoms with van der Waals surface area (Å²) < 4.78 is 38.7. The van der Waals surface area contributed by atoms with E-state index in [1.165, 1.54) is 12.1 Å². The first-order chi connectivity index (χ1) is 12.7. The van der Waals surface area contributed by atoms with Crippen LogP contribution in [-0.2, 0) is 15.8 Å². The molecule has 1 heterocycles. The van der Waals surface area contributed by atoms with Crippen LogP contribution in [0.4, 0.5) is 30.2 Å². The van der Waals surface area contributed by atoms with Crippen molar-refractivity contribution in [2.24, 2.45) is 0 Å². The first-order valence-corrected chi connectivity index (χ1v) is 8.25. The zero-order valence-corrected chi connectivity index (χ0v) is 14.7. The average Bonchev–Trinajstić information content (AvgIpc) is 2.88. The molecule has 3 rings (SSSR count). The number of nitrogens with one attached hydrogen (secondary N) is 1. The maximum Gasteiger partial charge on any atom is 0.416 e. The van der Waals surface area contributed by atoms with E-state index in [4.69, 9.17) is 0 Å². The number of halogens is 3. The van der Waals surface area contributed by atoms with Crippen molar-refractivity contribution in [3.05, 3.63) is 54.1 Å². The molecule has 2 aromatic carbocycles. The van der Waals surface area contributed by atoms with Gasteiger partial charge in [0.25, 0.3) is 5.91 Å². The summed E-state index contributed by atoms with van der Waals surface area (Å²) >= 11 is 0. The summed E-state index contributed by atoms with van der Waals surface area (Å²) in [4.78, 5) is 27.6. The van der Waals surface area contributed by atoms with E-state index in [0.29, 0.717) is 5.69 Å².